The van der Waals surface area contributed by atoms with E-state index < -0.39 is 0 Å². The first-order valence-corrected chi connectivity index (χ1v) is 6.77. The van der Waals surface area contributed by atoms with Crippen molar-refractivity contribution in [3.8, 4) is 0 Å². The summed E-state index contributed by atoms with van der Waals surface area (Å²) in [6, 6.07) is 0.0346. The zero-order chi connectivity index (χ0) is 14.0. The molecule has 2 rings (SSSR count). The highest BCUT2D eigenvalue weighted by molar-refractivity contribution is 9.10. The van der Waals surface area contributed by atoms with E-state index in [9.17, 15) is 4.79 Å². The highest BCUT2D eigenvalue weighted by Gasteiger charge is 2.11. The van der Waals surface area contributed by atoms with Gasteiger partial charge in [0.25, 0.3) is 5.56 Å². The van der Waals surface area contributed by atoms with Gasteiger partial charge in [0.15, 0.2) is 0 Å². The molecule has 0 aliphatic carbocycles. The summed E-state index contributed by atoms with van der Waals surface area (Å²) in [5.41, 5.74) is 0.532. The largest absolute Gasteiger partial charge is 0.375 e. The molecule has 2 aromatic rings. The van der Waals surface area contributed by atoms with Gasteiger partial charge in [-0.3, -0.25) is 4.79 Å². The van der Waals surface area contributed by atoms with Crippen LogP contribution in [-0.2, 0) is 13.6 Å². The third kappa shape index (κ3) is 2.86. The molecule has 0 aliphatic heterocycles. The second kappa shape index (κ2) is 5.56. The van der Waals surface area contributed by atoms with Crippen molar-refractivity contribution < 1.29 is 0 Å². The van der Waals surface area contributed by atoms with Crippen LogP contribution in [0.15, 0.2) is 27.9 Å². The van der Waals surface area contributed by atoms with Gasteiger partial charge in [0.2, 0.25) is 0 Å². The molecule has 2 aromatic heterocycles. The van der Waals surface area contributed by atoms with Gasteiger partial charge < -0.3 is 9.88 Å². The Morgan fingerprint density at radius 3 is 2.79 bits per heavy atom. The predicted molar refractivity (Wildman–Crippen MR) is 77.1 cm³/mol. The molecule has 6 nitrogen and oxygen atoms in total. The Morgan fingerprint density at radius 1 is 1.47 bits per heavy atom. The van der Waals surface area contributed by atoms with Gasteiger partial charge in [-0.05, 0) is 29.8 Å². The highest BCUT2D eigenvalue weighted by Crippen LogP contribution is 2.17. The van der Waals surface area contributed by atoms with E-state index in [1.165, 1.54) is 4.68 Å². The molecule has 7 heteroatoms. The summed E-state index contributed by atoms with van der Waals surface area (Å²) < 4.78 is 3.85. The summed E-state index contributed by atoms with van der Waals surface area (Å²) in [5, 5.41) is 7.30. The van der Waals surface area contributed by atoms with Crippen LogP contribution in [0.2, 0.25) is 0 Å². The number of aromatic nitrogens is 4. The molecule has 0 aliphatic rings. The van der Waals surface area contributed by atoms with Crippen molar-refractivity contribution in [1.29, 1.82) is 0 Å². The molecular weight excluding hydrogens is 310 g/mol. The van der Waals surface area contributed by atoms with Crippen LogP contribution in [0.3, 0.4) is 0 Å². The molecule has 0 bridgehead atoms. The first-order chi connectivity index (χ1) is 9.00. The fourth-order valence-electron chi connectivity index (χ4n) is 1.68. The minimum Gasteiger partial charge on any atom is -0.375 e. The van der Waals surface area contributed by atoms with Crippen LogP contribution in [0.5, 0.6) is 0 Å². The highest BCUT2D eigenvalue weighted by atomic mass is 79.9. The minimum absolute atomic E-state index is 0.0346. The van der Waals surface area contributed by atoms with Crippen molar-refractivity contribution in [2.45, 2.75) is 26.4 Å². The van der Waals surface area contributed by atoms with Crippen molar-refractivity contribution in [2.75, 3.05) is 5.32 Å². The van der Waals surface area contributed by atoms with Gasteiger partial charge >= 0.3 is 0 Å². The molecule has 0 aromatic carbocycles. The zero-order valence-electron chi connectivity index (χ0n) is 11.1. The van der Waals surface area contributed by atoms with Crippen LogP contribution < -0.4 is 10.9 Å². The van der Waals surface area contributed by atoms with Crippen molar-refractivity contribution >= 4 is 21.6 Å². The van der Waals surface area contributed by atoms with Crippen LogP contribution in [0.1, 0.15) is 25.7 Å². The molecule has 19 heavy (non-hydrogen) atoms. The molecule has 0 atom stereocenters. The molecule has 0 spiro atoms. The van der Waals surface area contributed by atoms with Crippen LogP contribution >= 0.6 is 15.9 Å². The van der Waals surface area contributed by atoms with Crippen molar-refractivity contribution in [1.82, 2.24) is 19.3 Å². The lowest BCUT2D eigenvalue weighted by molar-refractivity contribution is 0.501. The van der Waals surface area contributed by atoms with E-state index in [1.807, 2.05) is 31.7 Å². The number of hydrogen-bond acceptors (Lipinski definition) is 4. The van der Waals surface area contributed by atoms with Gasteiger partial charge in [0.1, 0.15) is 10.3 Å². The maximum Gasteiger partial charge on any atom is 0.283 e. The van der Waals surface area contributed by atoms with Crippen LogP contribution in [0, 0.1) is 0 Å². The van der Waals surface area contributed by atoms with Crippen molar-refractivity contribution in [2.24, 2.45) is 7.05 Å². The number of hydrogen-bond donors (Lipinski definition) is 1. The molecule has 1 N–H and O–H groups in total. The quantitative estimate of drug-likeness (QED) is 0.932. The Kier molecular flexibility index (Phi) is 4.04. The average Bonchev–Trinajstić information content (AvgIpc) is 2.76. The number of aryl methyl sites for hydroxylation is 1. The predicted octanol–water partition coefficient (Wildman–Crippen LogP) is 1.93. The summed E-state index contributed by atoms with van der Waals surface area (Å²) in [5.74, 6) is 0.889. The SMILES string of the molecule is CC(C)n1ncc(NCc2nccn2C)c(Br)c1=O. The van der Waals surface area contributed by atoms with E-state index in [4.69, 9.17) is 0 Å². The molecule has 0 fully saturated rings. The Labute approximate surface area is 119 Å². The van der Waals surface area contributed by atoms with E-state index >= 15 is 0 Å². The molecule has 2 heterocycles. The van der Waals surface area contributed by atoms with Crippen LogP contribution in [0.4, 0.5) is 5.69 Å². The number of rotatable bonds is 4. The number of halogens is 1. The molecule has 0 saturated carbocycles. The number of nitrogens with zero attached hydrogens (tertiary/aromatic N) is 4. The van der Waals surface area contributed by atoms with E-state index in [-0.39, 0.29) is 11.6 Å². The average molecular weight is 326 g/mol. The lowest BCUT2D eigenvalue weighted by Gasteiger charge is -2.12. The van der Waals surface area contributed by atoms with E-state index in [0.29, 0.717) is 16.7 Å². The second-order valence-electron chi connectivity index (χ2n) is 4.52. The lowest BCUT2D eigenvalue weighted by Crippen LogP contribution is -2.26. The third-order valence-corrected chi connectivity index (χ3v) is 3.56. The fraction of sp³-hybridized carbons (Fsp3) is 0.417. The van der Waals surface area contributed by atoms with E-state index in [2.05, 4.69) is 31.3 Å². The molecule has 0 unspecified atom stereocenters. The summed E-state index contributed by atoms with van der Waals surface area (Å²) in [6.45, 7) is 4.37. The van der Waals surface area contributed by atoms with E-state index in [1.54, 1.807) is 12.4 Å². The van der Waals surface area contributed by atoms with Gasteiger partial charge in [-0.25, -0.2) is 9.67 Å². The molecule has 0 radical (unpaired) electrons. The van der Waals surface area contributed by atoms with Gasteiger partial charge in [-0.1, -0.05) is 0 Å². The zero-order valence-corrected chi connectivity index (χ0v) is 12.7. The summed E-state index contributed by atoms with van der Waals surface area (Å²) in [6.07, 6.45) is 5.26. The molecule has 0 amide bonds. The van der Waals surface area contributed by atoms with Gasteiger partial charge in [0.05, 0.1) is 24.5 Å². The van der Waals surface area contributed by atoms with Gasteiger partial charge in [-0.2, -0.15) is 5.10 Å². The maximum atomic E-state index is 12.1. The van der Waals surface area contributed by atoms with Gasteiger partial charge in [-0.15, -0.1) is 0 Å². The number of nitrogens with one attached hydrogen (secondary N) is 1. The van der Waals surface area contributed by atoms with Crippen molar-refractivity contribution in [3.05, 3.63) is 39.2 Å². The normalized spacial score (nSPS) is 11.0. The third-order valence-electron chi connectivity index (χ3n) is 2.79. The topological polar surface area (TPSA) is 64.7 Å². The fourth-order valence-corrected chi connectivity index (χ4v) is 2.10. The Balaban J connectivity index is 2.20. The number of anilines is 1. The second-order valence-corrected chi connectivity index (χ2v) is 5.32. The molecule has 0 saturated heterocycles. The van der Waals surface area contributed by atoms with Crippen LogP contribution in [0.25, 0.3) is 0 Å². The molecule has 102 valence electrons. The smallest absolute Gasteiger partial charge is 0.283 e. The summed E-state index contributed by atoms with van der Waals surface area (Å²) >= 11 is 3.32. The first kappa shape index (κ1) is 13.8. The lowest BCUT2D eigenvalue weighted by atomic mass is 10.4. The Morgan fingerprint density at radius 2 is 2.21 bits per heavy atom. The maximum absolute atomic E-state index is 12.1. The minimum atomic E-state index is -0.139. The monoisotopic (exact) mass is 325 g/mol. The molecular formula is C12H16BrN5O. The van der Waals surface area contributed by atoms with Crippen LogP contribution in [-0.4, -0.2) is 19.3 Å². The summed E-state index contributed by atoms with van der Waals surface area (Å²) in [4.78, 5) is 16.3. The Hall–Kier alpha value is -1.63. The standard InChI is InChI=1S/C12H16BrN5O/c1-8(2)18-12(19)11(13)9(6-16-18)15-7-10-14-4-5-17(10)3/h4-6,8,15H,7H2,1-3H3. The summed E-state index contributed by atoms with van der Waals surface area (Å²) in [7, 11) is 1.92. The Bertz CT molecular complexity index is 631. The van der Waals surface area contributed by atoms with E-state index in [0.717, 1.165) is 5.82 Å². The number of imidazole rings is 1. The first-order valence-electron chi connectivity index (χ1n) is 5.98. The van der Waals surface area contributed by atoms with Gasteiger partial charge in [0, 0.05) is 19.4 Å². The van der Waals surface area contributed by atoms with Crippen molar-refractivity contribution in [3.63, 3.8) is 0 Å².